The van der Waals surface area contributed by atoms with Crippen LogP contribution in [-0.4, -0.2) is 29.8 Å². The van der Waals surface area contributed by atoms with Gasteiger partial charge in [-0.1, -0.05) is 12.2 Å². The molecule has 0 bridgehead atoms. The summed E-state index contributed by atoms with van der Waals surface area (Å²) in [7, 11) is 0. The molecule has 0 aliphatic rings. The molecule has 0 aliphatic carbocycles. The Balaban J connectivity index is 4.28. The molecule has 0 spiro atoms. The maximum Gasteiger partial charge on any atom is 0.0624 e. The van der Waals surface area contributed by atoms with Gasteiger partial charge >= 0.3 is 0 Å². The quantitative estimate of drug-likeness (QED) is 0.300. The third-order valence-electron chi connectivity index (χ3n) is 2.13. The number of nitroso groups, excluding NO2 is 1. The summed E-state index contributed by atoms with van der Waals surface area (Å²) >= 11 is 0. The van der Waals surface area contributed by atoms with E-state index in [1.165, 1.54) is 5.01 Å². The van der Waals surface area contributed by atoms with E-state index < -0.39 is 0 Å². The van der Waals surface area contributed by atoms with Crippen molar-refractivity contribution in [3.05, 3.63) is 17.1 Å². The van der Waals surface area contributed by atoms with Crippen molar-refractivity contribution in [2.75, 3.05) is 19.7 Å². The van der Waals surface area contributed by atoms with Gasteiger partial charge in [0.15, 0.2) is 0 Å². The first kappa shape index (κ1) is 13.7. The number of aliphatic hydroxyl groups excluding tert-OH is 1. The summed E-state index contributed by atoms with van der Waals surface area (Å²) in [6.07, 6.45) is 0.670. The van der Waals surface area contributed by atoms with Gasteiger partial charge in [0.05, 0.1) is 18.4 Å². The molecule has 0 aromatic rings. The van der Waals surface area contributed by atoms with Gasteiger partial charge < -0.3 is 5.11 Å². The van der Waals surface area contributed by atoms with Gasteiger partial charge in [-0.05, 0) is 13.8 Å². The molecule has 0 rings (SSSR count). The predicted molar refractivity (Wildman–Crippen MR) is 60.8 cm³/mol. The lowest BCUT2D eigenvalue weighted by molar-refractivity contribution is 0.185. The van der Waals surface area contributed by atoms with E-state index in [1.807, 2.05) is 6.92 Å². The van der Waals surface area contributed by atoms with E-state index in [4.69, 9.17) is 5.11 Å². The fraction of sp³-hybridized carbons (Fsp3) is 0.636. The average Bonchev–Trinajstić information content (AvgIpc) is 2.22. The molecule has 0 radical (unpaired) electrons. The largest absolute Gasteiger partial charge is 0.394 e. The van der Waals surface area contributed by atoms with Crippen molar-refractivity contribution in [1.29, 1.82) is 0 Å². The maximum absolute atomic E-state index is 10.4. The Bertz CT molecular complexity index is 265. The first-order chi connectivity index (χ1) is 7.15. The molecule has 0 aromatic carbocycles. The number of hydrogen-bond acceptors (Lipinski definition) is 3. The minimum atomic E-state index is -0.0753. The highest BCUT2D eigenvalue weighted by Gasteiger charge is 2.13. The zero-order valence-corrected chi connectivity index (χ0v) is 9.36. The molecule has 0 aromatic heterocycles. The first-order valence-electron chi connectivity index (χ1n) is 4.89. The standard InChI is InChI=1S/C11H18N2O2/c1-4-5-6-11(10(2)3)9-13(12-15)7-8-14/h11,14H,2,6-9H2,1,3H3. The zero-order chi connectivity index (χ0) is 11.7. The van der Waals surface area contributed by atoms with Gasteiger partial charge in [0.25, 0.3) is 0 Å². The van der Waals surface area contributed by atoms with Crippen molar-refractivity contribution in [2.24, 2.45) is 11.2 Å². The second-order valence-electron chi connectivity index (χ2n) is 3.39. The summed E-state index contributed by atoms with van der Waals surface area (Å²) in [6.45, 7) is 8.19. The van der Waals surface area contributed by atoms with Crippen molar-refractivity contribution < 1.29 is 5.11 Å². The number of hydrogen-bond donors (Lipinski definition) is 1. The van der Waals surface area contributed by atoms with Crippen LogP contribution in [0.25, 0.3) is 0 Å². The van der Waals surface area contributed by atoms with E-state index in [2.05, 4.69) is 23.7 Å². The highest BCUT2D eigenvalue weighted by Crippen LogP contribution is 2.14. The average molecular weight is 210 g/mol. The third-order valence-corrected chi connectivity index (χ3v) is 2.13. The van der Waals surface area contributed by atoms with Crippen molar-refractivity contribution in [3.8, 4) is 11.8 Å². The topological polar surface area (TPSA) is 52.9 Å². The Hall–Kier alpha value is -1.34. The maximum atomic E-state index is 10.4. The SMILES string of the molecule is C=C(C)C(CC#CC)CN(CCO)N=O. The number of aliphatic hydroxyl groups is 1. The molecule has 4 heteroatoms. The van der Waals surface area contributed by atoms with Gasteiger partial charge in [-0.2, -0.15) is 0 Å². The second-order valence-corrected chi connectivity index (χ2v) is 3.39. The lowest BCUT2D eigenvalue weighted by Crippen LogP contribution is -2.27. The minimum absolute atomic E-state index is 0.0753. The van der Waals surface area contributed by atoms with Crippen LogP contribution in [0.1, 0.15) is 20.3 Å². The van der Waals surface area contributed by atoms with Gasteiger partial charge in [0, 0.05) is 18.9 Å². The third kappa shape index (κ3) is 5.87. The van der Waals surface area contributed by atoms with Crippen LogP contribution in [0, 0.1) is 22.7 Å². The van der Waals surface area contributed by atoms with Gasteiger partial charge in [0.2, 0.25) is 0 Å². The molecule has 1 N–H and O–H groups in total. The molecule has 0 heterocycles. The highest BCUT2D eigenvalue weighted by molar-refractivity contribution is 5.06. The first-order valence-corrected chi connectivity index (χ1v) is 4.89. The van der Waals surface area contributed by atoms with Crippen molar-refractivity contribution in [2.45, 2.75) is 20.3 Å². The van der Waals surface area contributed by atoms with Crippen LogP contribution in [0.3, 0.4) is 0 Å². The molecule has 84 valence electrons. The Labute approximate surface area is 90.9 Å². The molecule has 1 unspecified atom stereocenters. The van der Waals surface area contributed by atoms with Gasteiger partial charge in [-0.3, -0.25) is 5.01 Å². The molecular formula is C11H18N2O2. The van der Waals surface area contributed by atoms with Crippen LogP contribution >= 0.6 is 0 Å². The molecule has 15 heavy (non-hydrogen) atoms. The van der Waals surface area contributed by atoms with Crippen LogP contribution in [0.2, 0.25) is 0 Å². The lowest BCUT2D eigenvalue weighted by Gasteiger charge is -2.20. The zero-order valence-electron chi connectivity index (χ0n) is 9.36. The lowest BCUT2D eigenvalue weighted by atomic mass is 9.98. The molecule has 0 saturated heterocycles. The van der Waals surface area contributed by atoms with Gasteiger partial charge in [-0.15, -0.1) is 16.7 Å². The summed E-state index contributed by atoms with van der Waals surface area (Å²) in [5, 5.41) is 12.8. The molecular weight excluding hydrogens is 192 g/mol. The van der Waals surface area contributed by atoms with E-state index in [0.29, 0.717) is 13.0 Å². The van der Waals surface area contributed by atoms with Crippen molar-refractivity contribution in [3.63, 3.8) is 0 Å². The Kier molecular flexibility index (Phi) is 7.29. The Morgan fingerprint density at radius 1 is 1.67 bits per heavy atom. The monoisotopic (exact) mass is 210 g/mol. The summed E-state index contributed by atoms with van der Waals surface area (Å²) in [4.78, 5) is 10.4. The van der Waals surface area contributed by atoms with E-state index in [-0.39, 0.29) is 19.1 Å². The van der Waals surface area contributed by atoms with Crippen LogP contribution in [0.4, 0.5) is 0 Å². The molecule has 0 amide bonds. The molecule has 0 saturated carbocycles. The minimum Gasteiger partial charge on any atom is -0.394 e. The van der Waals surface area contributed by atoms with Gasteiger partial charge in [-0.25, -0.2) is 0 Å². The van der Waals surface area contributed by atoms with E-state index >= 15 is 0 Å². The number of nitrogens with zero attached hydrogens (tertiary/aromatic N) is 2. The van der Waals surface area contributed by atoms with E-state index in [0.717, 1.165) is 5.57 Å². The molecule has 0 fully saturated rings. The predicted octanol–water partition coefficient (Wildman–Crippen LogP) is 1.57. The van der Waals surface area contributed by atoms with Crippen molar-refractivity contribution >= 4 is 0 Å². The summed E-state index contributed by atoms with van der Waals surface area (Å²) < 4.78 is 0. The van der Waals surface area contributed by atoms with Crippen LogP contribution in [-0.2, 0) is 0 Å². The summed E-state index contributed by atoms with van der Waals surface area (Å²) in [5.41, 5.74) is 0.976. The smallest absolute Gasteiger partial charge is 0.0624 e. The van der Waals surface area contributed by atoms with Crippen molar-refractivity contribution in [1.82, 2.24) is 5.01 Å². The second kappa shape index (κ2) is 8.01. The molecule has 4 nitrogen and oxygen atoms in total. The molecule has 0 aliphatic heterocycles. The fourth-order valence-corrected chi connectivity index (χ4v) is 1.16. The molecule has 1 atom stereocenters. The Morgan fingerprint density at radius 2 is 2.33 bits per heavy atom. The number of rotatable bonds is 7. The fourth-order valence-electron chi connectivity index (χ4n) is 1.16. The highest BCUT2D eigenvalue weighted by atomic mass is 16.3. The van der Waals surface area contributed by atoms with Crippen LogP contribution in [0.5, 0.6) is 0 Å². The Morgan fingerprint density at radius 3 is 2.73 bits per heavy atom. The summed E-state index contributed by atoms with van der Waals surface area (Å²) in [5.74, 6) is 5.89. The summed E-state index contributed by atoms with van der Waals surface area (Å²) in [6, 6.07) is 0. The van der Waals surface area contributed by atoms with E-state index in [1.54, 1.807) is 6.92 Å². The van der Waals surface area contributed by atoms with Crippen LogP contribution < -0.4 is 0 Å². The van der Waals surface area contributed by atoms with Crippen LogP contribution in [0.15, 0.2) is 17.4 Å². The van der Waals surface area contributed by atoms with E-state index in [9.17, 15) is 4.91 Å². The normalized spacial score (nSPS) is 11.1. The van der Waals surface area contributed by atoms with Gasteiger partial charge in [0.1, 0.15) is 0 Å².